The van der Waals surface area contributed by atoms with Crippen LogP contribution in [-0.4, -0.2) is 34.4 Å². The van der Waals surface area contributed by atoms with E-state index in [1.807, 2.05) is 47.4 Å². The van der Waals surface area contributed by atoms with Gasteiger partial charge >= 0.3 is 0 Å². The van der Waals surface area contributed by atoms with Crippen molar-refractivity contribution in [3.63, 3.8) is 0 Å². The van der Waals surface area contributed by atoms with Crippen molar-refractivity contribution in [2.24, 2.45) is 5.41 Å². The molecular formula is C27H20N2O3. The highest BCUT2D eigenvalue weighted by Crippen LogP contribution is 2.60. The lowest BCUT2D eigenvalue weighted by atomic mass is 9.64. The van der Waals surface area contributed by atoms with Crippen LogP contribution in [0.5, 0.6) is 0 Å². The molecule has 32 heavy (non-hydrogen) atoms. The van der Waals surface area contributed by atoms with Crippen molar-refractivity contribution >= 4 is 29.1 Å². The molecule has 2 aliphatic heterocycles. The fourth-order valence-corrected chi connectivity index (χ4v) is 6.00. The minimum atomic E-state index is -1.42. The van der Waals surface area contributed by atoms with Crippen LogP contribution in [-0.2, 0) is 4.79 Å². The zero-order chi connectivity index (χ0) is 22.0. The van der Waals surface area contributed by atoms with Gasteiger partial charge in [0.2, 0.25) is 0 Å². The molecule has 0 bridgehead atoms. The summed E-state index contributed by atoms with van der Waals surface area (Å²) in [6.07, 6.45) is 7.23. The molecule has 1 aromatic heterocycles. The van der Waals surface area contributed by atoms with Crippen LogP contribution in [0.2, 0.25) is 0 Å². The van der Waals surface area contributed by atoms with Crippen molar-refractivity contribution in [2.75, 3.05) is 4.90 Å². The molecule has 3 heterocycles. The first kappa shape index (κ1) is 18.9. The Morgan fingerprint density at radius 3 is 2.28 bits per heavy atom. The van der Waals surface area contributed by atoms with Crippen molar-refractivity contribution < 1.29 is 14.4 Å². The number of anilines is 1. The Morgan fingerprint density at radius 1 is 0.938 bits per heavy atom. The second kappa shape index (κ2) is 6.57. The molecule has 0 radical (unpaired) electrons. The van der Waals surface area contributed by atoms with E-state index in [0.29, 0.717) is 11.1 Å². The minimum absolute atomic E-state index is 0.0811. The second-order valence-corrected chi connectivity index (χ2v) is 8.66. The van der Waals surface area contributed by atoms with E-state index in [0.717, 1.165) is 16.8 Å². The number of aromatic nitrogens is 1. The van der Waals surface area contributed by atoms with Gasteiger partial charge in [-0.25, -0.2) is 0 Å². The summed E-state index contributed by atoms with van der Waals surface area (Å²) in [4.78, 5) is 47.8. The van der Waals surface area contributed by atoms with Gasteiger partial charge in [0, 0.05) is 35.1 Å². The molecule has 3 atom stereocenters. The Balaban J connectivity index is 1.69. The van der Waals surface area contributed by atoms with Crippen molar-refractivity contribution in [1.29, 1.82) is 0 Å². The number of benzene rings is 2. The van der Waals surface area contributed by atoms with E-state index in [1.54, 1.807) is 49.6 Å². The van der Waals surface area contributed by atoms with Crippen molar-refractivity contribution in [2.45, 2.75) is 24.9 Å². The molecule has 0 amide bonds. The summed E-state index contributed by atoms with van der Waals surface area (Å²) >= 11 is 0. The molecule has 0 saturated carbocycles. The van der Waals surface area contributed by atoms with Crippen LogP contribution >= 0.6 is 0 Å². The molecule has 3 aliphatic rings. The lowest BCUT2D eigenvalue weighted by molar-refractivity contribution is -0.118. The SMILES string of the molecule is CC(=O)[C@H]1[C@H](c2cccnc2)C2(C(=O)c3ccccc3C2=O)[C@H]2C=Cc3ccccc3N12. The van der Waals surface area contributed by atoms with Gasteiger partial charge in [-0.3, -0.25) is 19.4 Å². The van der Waals surface area contributed by atoms with Crippen LogP contribution in [0.25, 0.3) is 6.08 Å². The van der Waals surface area contributed by atoms with Gasteiger partial charge < -0.3 is 4.90 Å². The van der Waals surface area contributed by atoms with Crippen molar-refractivity contribution in [1.82, 2.24) is 4.98 Å². The number of hydrogen-bond donors (Lipinski definition) is 0. The topological polar surface area (TPSA) is 67.3 Å². The fourth-order valence-electron chi connectivity index (χ4n) is 6.00. The highest BCUT2D eigenvalue weighted by atomic mass is 16.2. The van der Waals surface area contributed by atoms with E-state index in [1.165, 1.54) is 0 Å². The first-order valence-electron chi connectivity index (χ1n) is 10.7. The van der Waals surface area contributed by atoms with E-state index in [4.69, 9.17) is 0 Å². The van der Waals surface area contributed by atoms with Crippen LogP contribution < -0.4 is 4.90 Å². The number of carbonyl (C=O) groups excluding carboxylic acids is 3. The molecule has 1 spiro atoms. The second-order valence-electron chi connectivity index (χ2n) is 8.66. The lowest BCUT2D eigenvalue weighted by Crippen LogP contribution is -2.48. The monoisotopic (exact) mass is 420 g/mol. The third kappa shape index (κ3) is 2.18. The molecule has 1 fully saturated rings. The van der Waals surface area contributed by atoms with Gasteiger partial charge in [0.05, 0.1) is 12.1 Å². The van der Waals surface area contributed by atoms with Crippen LogP contribution in [0.3, 0.4) is 0 Å². The maximum absolute atomic E-state index is 14.1. The molecule has 1 saturated heterocycles. The average Bonchev–Trinajstić information content (AvgIpc) is 3.27. The minimum Gasteiger partial charge on any atom is -0.352 e. The zero-order valence-corrected chi connectivity index (χ0v) is 17.4. The molecule has 5 heteroatoms. The highest BCUT2D eigenvalue weighted by molar-refractivity contribution is 6.32. The fraction of sp³-hybridized carbons (Fsp3) is 0.185. The summed E-state index contributed by atoms with van der Waals surface area (Å²) < 4.78 is 0. The standard InChI is InChI=1S/C27H20N2O3/c1-16(30)24-23(18-8-6-14-28-15-18)27(25(31)19-9-3-4-10-20(19)26(27)32)22-13-12-17-7-2-5-11-21(17)29(22)24/h2-15,22-24H,1H3/t22-,23+,24+/m1/s1. The number of fused-ring (bicyclic) bond motifs is 5. The predicted octanol–water partition coefficient (Wildman–Crippen LogP) is 4.10. The van der Waals surface area contributed by atoms with E-state index >= 15 is 0 Å². The van der Waals surface area contributed by atoms with Crippen LogP contribution in [0.15, 0.2) is 79.1 Å². The van der Waals surface area contributed by atoms with E-state index in [9.17, 15) is 14.4 Å². The van der Waals surface area contributed by atoms with Gasteiger partial charge in [-0.05, 0) is 30.2 Å². The summed E-state index contributed by atoms with van der Waals surface area (Å²) in [6, 6.07) is 17.2. The molecule has 156 valence electrons. The number of carbonyl (C=O) groups is 3. The van der Waals surface area contributed by atoms with E-state index < -0.39 is 23.4 Å². The van der Waals surface area contributed by atoms with Gasteiger partial charge in [-0.2, -0.15) is 0 Å². The number of para-hydroxylation sites is 1. The Kier molecular flexibility index (Phi) is 3.87. The Labute approximate surface area is 185 Å². The third-order valence-corrected chi connectivity index (χ3v) is 7.17. The number of nitrogens with zero attached hydrogens (tertiary/aromatic N) is 2. The average molecular weight is 420 g/mol. The molecular weight excluding hydrogens is 400 g/mol. The maximum Gasteiger partial charge on any atom is 0.180 e. The first-order valence-corrected chi connectivity index (χ1v) is 10.7. The quantitative estimate of drug-likeness (QED) is 0.584. The van der Waals surface area contributed by atoms with Crippen LogP contribution in [0, 0.1) is 5.41 Å². The Hall–Kier alpha value is -3.86. The van der Waals surface area contributed by atoms with Crippen LogP contribution in [0.1, 0.15) is 44.7 Å². The van der Waals surface area contributed by atoms with Gasteiger partial charge in [-0.1, -0.05) is 60.7 Å². The summed E-state index contributed by atoms with van der Waals surface area (Å²) in [5.41, 5.74) is 2.00. The molecule has 1 aliphatic carbocycles. The van der Waals surface area contributed by atoms with Crippen molar-refractivity contribution in [3.8, 4) is 0 Å². The smallest absolute Gasteiger partial charge is 0.180 e. The molecule has 2 aromatic carbocycles. The van der Waals surface area contributed by atoms with E-state index in [-0.39, 0.29) is 17.3 Å². The molecule has 0 N–H and O–H groups in total. The molecule has 0 unspecified atom stereocenters. The van der Waals surface area contributed by atoms with E-state index in [2.05, 4.69) is 4.98 Å². The summed E-state index contributed by atoms with van der Waals surface area (Å²) in [7, 11) is 0. The number of Topliss-reactive ketones (excluding diaryl/α,β-unsaturated/α-hetero) is 3. The lowest BCUT2D eigenvalue weighted by Gasteiger charge is -2.37. The summed E-state index contributed by atoms with van der Waals surface area (Å²) in [5, 5.41) is 0. The zero-order valence-electron chi connectivity index (χ0n) is 17.4. The first-order chi connectivity index (χ1) is 15.6. The highest BCUT2D eigenvalue weighted by Gasteiger charge is 2.71. The number of rotatable bonds is 2. The summed E-state index contributed by atoms with van der Waals surface area (Å²) in [6.45, 7) is 1.54. The number of pyridine rings is 1. The molecule has 6 rings (SSSR count). The number of ketones is 3. The van der Waals surface area contributed by atoms with Gasteiger partial charge in [0.1, 0.15) is 5.41 Å². The molecule has 3 aromatic rings. The predicted molar refractivity (Wildman–Crippen MR) is 121 cm³/mol. The Morgan fingerprint density at radius 2 is 1.62 bits per heavy atom. The van der Waals surface area contributed by atoms with Gasteiger partial charge in [0.15, 0.2) is 17.3 Å². The largest absolute Gasteiger partial charge is 0.352 e. The molecule has 5 nitrogen and oxygen atoms in total. The summed E-state index contributed by atoms with van der Waals surface area (Å²) in [5.74, 6) is -1.16. The Bertz CT molecular complexity index is 1290. The third-order valence-electron chi connectivity index (χ3n) is 7.17. The van der Waals surface area contributed by atoms with Crippen molar-refractivity contribution in [3.05, 3.63) is 101 Å². The van der Waals surface area contributed by atoms with Crippen LogP contribution in [0.4, 0.5) is 5.69 Å². The normalized spacial score (nSPS) is 24.4. The maximum atomic E-state index is 14.1. The number of hydrogen-bond acceptors (Lipinski definition) is 5. The van der Waals surface area contributed by atoms with Gasteiger partial charge in [0.25, 0.3) is 0 Å². The van der Waals surface area contributed by atoms with Gasteiger partial charge in [-0.15, -0.1) is 0 Å².